The number of nitrogens with one attached hydrogen (secondary N) is 2. The second-order valence-corrected chi connectivity index (χ2v) is 9.65. The molecule has 2 N–H and O–H groups in total. The van der Waals surface area contributed by atoms with Crippen molar-refractivity contribution in [1.82, 2.24) is 10.9 Å². The van der Waals surface area contributed by atoms with Crippen LogP contribution in [0.15, 0.2) is 114 Å². The SMILES string of the molecule is CC.CCC1CC(c2ccccc2)=C(c2ccccc2)N=C1c1ccccc1-c1cccc([C@@H](C)NNC)c1. The highest BCUT2D eigenvalue weighted by Crippen LogP contribution is 2.41. The lowest BCUT2D eigenvalue weighted by Gasteiger charge is -2.28. The Hall–Kier alpha value is -3.79. The number of hydrogen-bond acceptors (Lipinski definition) is 3. The fourth-order valence-electron chi connectivity index (χ4n) is 5.30. The van der Waals surface area contributed by atoms with E-state index in [0.717, 1.165) is 18.5 Å². The number of aliphatic imine (C=N–C) groups is 1. The fourth-order valence-corrected chi connectivity index (χ4v) is 5.30. The van der Waals surface area contributed by atoms with Gasteiger partial charge in [-0.2, -0.15) is 0 Å². The first-order valence-electron chi connectivity index (χ1n) is 14.2. The van der Waals surface area contributed by atoms with Crippen LogP contribution in [0.3, 0.4) is 0 Å². The van der Waals surface area contributed by atoms with Gasteiger partial charge in [-0.05, 0) is 60.7 Å². The third-order valence-corrected chi connectivity index (χ3v) is 7.28. The van der Waals surface area contributed by atoms with Crippen molar-refractivity contribution in [2.75, 3.05) is 7.05 Å². The summed E-state index contributed by atoms with van der Waals surface area (Å²) in [5.41, 5.74) is 17.3. The average molecular weight is 516 g/mol. The summed E-state index contributed by atoms with van der Waals surface area (Å²) in [7, 11) is 1.91. The van der Waals surface area contributed by atoms with Gasteiger partial charge in [0.1, 0.15) is 0 Å². The van der Waals surface area contributed by atoms with E-state index in [-0.39, 0.29) is 6.04 Å². The third-order valence-electron chi connectivity index (χ3n) is 7.28. The molecule has 1 unspecified atom stereocenters. The summed E-state index contributed by atoms with van der Waals surface area (Å²) in [6.07, 6.45) is 2.01. The maximum atomic E-state index is 5.48. The van der Waals surface area contributed by atoms with E-state index >= 15 is 0 Å². The predicted octanol–water partition coefficient (Wildman–Crippen LogP) is 8.95. The van der Waals surface area contributed by atoms with Crippen LogP contribution >= 0.6 is 0 Å². The monoisotopic (exact) mass is 515 g/mol. The Bertz CT molecular complexity index is 1400. The summed E-state index contributed by atoms with van der Waals surface area (Å²) in [5.74, 6) is 0.344. The summed E-state index contributed by atoms with van der Waals surface area (Å²) in [5, 5.41) is 0. The predicted molar refractivity (Wildman–Crippen MR) is 168 cm³/mol. The molecule has 2 atom stereocenters. The zero-order valence-corrected chi connectivity index (χ0v) is 23.9. The number of nitrogens with zero attached hydrogens (tertiary/aromatic N) is 1. The molecule has 0 saturated heterocycles. The van der Waals surface area contributed by atoms with E-state index in [0.29, 0.717) is 5.92 Å². The van der Waals surface area contributed by atoms with Crippen LogP contribution in [0.2, 0.25) is 0 Å². The van der Waals surface area contributed by atoms with Gasteiger partial charge in [0.15, 0.2) is 0 Å². The van der Waals surface area contributed by atoms with Gasteiger partial charge in [-0.25, -0.2) is 0 Å². The minimum atomic E-state index is 0.202. The molecule has 5 rings (SSSR count). The quantitative estimate of drug-likeness (QED) is 0.230. The zero-order valence-electron chi connectivity index (χ0n) is 23.9. The molecule has 200 valence electrons. The lowest BCUT2D eigenvalue weighted by molar-refractivity contribution is 0.506. The van der Waals surface area contributed by atoms with Crippen LogP contribution in [0.4, 0.5) is 0 Å². The van der Waals surface area contributed by atoms with Crippen molar-refractivity contribution in [3.63, 3.8) is 0 Å². The van der Waals surface area contributed by atoms with Crippen molar-refractivity contribution in [1.29, 1.82) is 0 Å². The van der Waals surface area contributed by atoms with Gasteiger partial charge in [0, 0.05) is 23.1 Å². The van der Waals surface area contributed by atoms with Crippen molar-refractivity contribution < 1.29 is 0 Å². The Morgan fingerprint density at radius 1 is 0.744 bits per heavy atom. The van der Waals surface area contributed by atoms with Crippen LogP contribution in [-0.2, 0) is 0 Å². The maximum absolute atomic E-state index is 5.48. The Morgan fingerprint density at radius 3 is 1.97 bits per heavy atom. The molecule has 3 nitrogen and oxygen atoms in total. The van der Waals surface area contributed by atoms with Gasteiger partial charge in [0.2, 0.25) is 0 Å². The van der Waals surface area contributed by atoms with E-state index in [4.69, 9.17) is 4.99 Å². The maximum Gasteiger partial charge on any atom is 0.0743 e. The smallest absolute Gasteiger partial charge is 0.0743 e. The van der Waals surface area contributed by atoms with Crippen LogP contribution < -0.4 is 10.9 Å². The van der Waals surface area contributed by atoms with Crippen LogP contribution in [-0.4, -0.2) is 12.8 Å². The van der Waals surface area contributed by atoms with E-state index in [1.165, 1.54) is 44.7 Å². The van der Waals surface area contributed by atoms with E-state index in [2.05, 4.69) is 134 Å². The standard InChI is InChI=1S/C34H35N3.C2H6/c1-4-25-23-32(26-14-7-5-8-15-26)34(27-16-9-6-10-17-27)36-33(25)31-21-12-11-20-30(31)29-19-13-18-28(22-29)24(2)37-35-3;1-2/h5-22,24-25,35,37H,4,23H2,1-3H3;1-2H3/t24-,25?;/m1./s1. The highest BCUT2D eigenvalue weighted by Gasteiger charge is 2.28. The zero-order chi connectivity index (χ0) is 27.6. The molecule has 0 spiro atoms. The molecule has 39 heavy (non-hydrogen) atoms. The molecule has 1 aliphatic rings. The Kier molecular flexibility index (Phi) is 10.0. The molecule has 3 heteroatoms. The molecule has 1 aliphatic heterocycles. The Morgan fingerprint density at radius 2 is 1.33 bits per heavy atom. The minimum Gasteiger partial charge on any atom is -0.260 e. The van der Waals surface area contributed by atoms with Gasteiger partial charge < -0.3 is 0 Å². The van der Waals surface area contributed by atoms with E-state index in [1.807, 2.05) is 20.9 Å². The van der Waals surface area contributed by atoms with Crippen LogP contribution in [0.1, 0.15) is 68.8 Å². The molecule has 0 amide bonds. The van der Waals surface area contributed by atoms with Gasteiger partial charge in [-0.3, -0.25) is 15.8 Å². The van der Waals surface area contributed by atoms with Gasteiger partial charge in [0.05, 0.1) is 11.4 Å². The Labute approximate surface area is 234 Å². The van der Waals surface area contributed by atoms with Crippen LogP contribution in [0.25, 0.3) is 22.4 Å². The van der Waals surface area contributed by atoms with Crippen LogP contribution in [0, 0.1) is 5.92 Å². The highest BCUT2D eigenvalue weighted by atomic mass is 15.3. The molecule has 0 bridgehead atoms. The van der Waals surface area contributed by atoms with Crippen molar-refractivity contribution in [2.45, 2.75) is 46.6 Å². The molecular formula is C36H41N3. The summed E-state index contributed by atoms with van der Waals surface area (Å²) >= 11 is 0. The molecule has 0 radical (unpaired) electrons. The van der Waals surface area contributed by atoms with Crippen molar-refractivity contribution in [3.8, 4) is 11.1 Å². The van der Waals surface area contributed by atoms with Gasteiger partial charge >= 0.3 is 0 Å². The lowest BCUT2D eigenvalue weighted by Crippen LogP contribution is -2.30. The van der Waals surface area contributed by atoms with Gasteiger partial charge in [-0.1, -0.05) is 124 Å². The van der Waals surface area contributed by atoms with E-state index in [9.17, 15) is 0 Å². The first kappa shape index (κ1) is 28.2. The highest BCUT2D eigenvalue weighted by molar-refractivity contribution is 6.13. The second kappa shape index (κ2) is 13.8. The third kappa shape index (κ3) is 6.44. The summed E-state index contributed by atoms with van der Waals surface area (Å²) in [6, 6.07) is 39.2. The van der Waals surface area contributed by atoms with Crippen molar-refractivity contribution >= 4 is 17.0 Å². The lowest BCUT2D eigenvalue weighted by atomic mass is 9.80. The number of rotatable bonds is 8. The van der Waals surface area contributed by atoms with Crippen molar-refractivity contribution in [2.24, 2.45) is 10.9 Å². The number of hydrazine groups is 1. The number of hydrogen-bond donors (Lipinski definition) is 2. The van der Waals surface area contributed by atoms with Gasteiger partial charge in [-0.15, -0.1) is 0 Å². The molecule has 4 aromatic rings. The second-order valence-electron chi connectivity index (χ2n) is 9.65. The molecule has 0 fully saturated rings. The molecule has 0 aromatic heterocycles. The minimum absolute atomic E-state index is 0.202. The first-order chi connectivity index (χ1) is 19.2. The van der Waals surface area contributed by atoms with Gasteiger partial charge in [0.25, 0.3) is 0 Å². The fraction of sp³-hybridized carbons (Fsp3) is 0.250. The van der Waals surface area contributed by atoms with E-state index in [1.54, 1.807) is 0 Å². The molecule has 1 heterocycles. The molecular weight excluding hydrogens is 474 g/mol. The normalized spacial score (nSPS) is 15.7. The topological polar surface area (TPSA) is 36.4 Å². The van der Waals surface area contributed by atoms with Crippen molar-refractivity contribution in [3.05, 3.63) is 131 Å². The number of benzene rings is 4. The number of allylic oxidation sites excluding steroid dienone is 1. The summed E-state index contributed by atoms with van der Waals surface area (Å²) < 4.78 is 0. The molecule has 0 saturated carbocycles. The first-order valence-corrected chi connectivity index (χ1v) is 14.2. The Balaban J connectivity index is 0.00000172. The summed E-state index contributed by atoms with van der Waals surface area (Å²) in [6.45, 7) is 8.45. The average Bonchev–Trinajstić information content (AvgIpc) is 3.02. The van der Waals surface area contributed by atoms with Crippen LogP contribution in [0.5, 0.6) is 0 Å². The largest absolute Gasteiger partial charge is 0.260 e. The van der Waals surface area contributed by atoms with E-state index < -0.39 is 0 Å². The summed E-state index contributed by atoms with van der Waals surface area (Å²) in [4.78, 5) is 5.48. The molecule has 0 aliphatic carbocycles. The molecule has 4 aromatic carbocycles.